The third-order valence-electron chi connectivity index (χ3n) is 9.34. The Morgan fingerprint density at radius 2 is 1.76 bits per heavy atom. The Bertz CT molecular complexity index is 1810. The number of likely N-dealkylation sites (N-methyl/N-ethyl adjacent to an activating group) is 1. The predicted molar refractivity (Wildman–Crippen MR) is 198 cm³/mol. The van der Waals surface area contributed by atoms with Crippen LogP contribution < -0.4 is 15.4 Å². The van der Waals surface area contributed by atoms with Gasteiger partial charge in [-0.15, -0.1) is 0 Å². The molecular weight excluding hydrogens is 744 g/mol. The van der Waals surface area contributed by atoms with E-state index in [1.165, 1.54) is 16.4 Å². The van der Waals surface area contributed by atoms with E-state index in [0.29, 0.717) is 10.6 Å². The molecular formula is C37H49ClN4O11S. The fourth-order valence-electron chi connectivity index (χ4n) is 5.84. The third-order valence-corrected chi connectivity index (χ3v) is 11.7. The molecule has 5 rings (SSSR count). The Balaban J connectivity index is 1.12. The van der Waals surface area contributed by atoms with Gasteiger partial charge in [-0.1, -0.05) is 36.7 Å². The molecule has 15 nitrogen and oxygen atoms in total. The molecule has 7 N–H and O–H groups in total. The Morgan fingerprint density at radius 1 is 1.02 bits per heavy atom. The van der Waals surface area contributed by atoms with Crippen molar-refractivity contribution in [2.45, 2.75) is 80.2 Å². The summed E-state index contributed by atoms with van der Waals surface area (Å²) >= 11 is 6.57. The van der Waals surface area contributed by atoms with E-state index in [-0.39, 0.29) is 50.5 Å². The second-order valence-corrected chi connectivity index (χ2v) is 15.7. The summed E-state index contributed by atoms with van der Waals surface area (Å²) < 4.78 is 46.9. The first kappa shape index (κ1) is 41.7. The molecule has 3 aromatic rings. The molecule has 296 valence electrons. The molecule has 0 radical (unpaired) electrons. The zero-order valence-corrected chi connectivity index (χ0v) is 31.6. The molecule has 2 fully saturated rings. The van der Waals surface area contributed by atoms with Gasteiger partial charge in [-0.05, 0) is 67.1 Å². The Labute approximate surface area is 319 Å². The number of sulfonamides is 1. The lowest BCUT2D eigenvalue weighted by Crippen LogP contribution is -2.50. The lowest BCUT2D eigenvalue weighted by atomic mass is 9.96. The molecule has 2 saturated carbocycles. The summed E-state index contributed by atoms with van der Waals surface area (Å²) in [5, 5.41) is 52.8. The smallest absolute Gasteiger partial charge is 0.314 e. The zero-order valence-electron chi connectivity index (χ0n) is 30.0. The van der Waals surface area contributed by atoms with Gasteiger partial charge < -0.3 is 50.4 Å². The number of carbonyl (C=O) groups excluding carboxylic acids is 1. The topological polar surface area (TPSA) is 220 Å². The summed E-state index contributed by atoms with van der Waals surface area (Å²) in [6.07, 6.45) is 0.576. The largest absolute Gasteiger partial charge is 0.490 e. The Morgan fingerprint density at radius 3 is 2.46 bits per heavy atom. The van der Waals surface area contributed by atoms with Crippen molar-refractivity contribution in [3.8, 4) is 16.9 Å². The van der Waals surface area contributed by atoms with Crippen LogP contribution in [0.2, 0.25) is 5.02 Å². The average molecular weight is 793 g/mol. The molecule has 54 heavy (non-hydrogen) atoms. The van der Waals surface area contributed by atoms with Crippen molar-refractivity contribution >= 4 is 27.7 Å². The Kier molecular flexibility index (Phi) is 14.6. The molecule has 0 bridgehead atoms. The van der Waals surface area contributed by atoms with Crippen LogP contribution in [0.4, 0.5) is 4.79 Å². The molecule has 0 unspecified atom stereocenters. The Hall–Kier alpha value is -3.42. The minimum Gasteiger partial charge on any atom is -0.490 e. The van der Waals surface area contributed by atoms with Crippen molar-refractivity contribution in [1.82, 2.24) is 19.9 Å². The van der Waals surface area contributed by atoms with Crippen molar-refractivity contribution in [3.05, 3.63) is 77.1 Å². The second kappa shape index (κ2) is 18.9. The summed E-state index contributed by atoms with van der Waals surface area (Å²) in [7, 11) is -3.93. The van der Waals surface area contributed by atoms with E-state index in [9.17, 15) is 33.6 Å². The number of carbonyl (C=O) groups is 1. The lowest BCUT2D eigenvalue weighted by Gasteiger charge is -2.25. The maximum absolute atomic E-state index is 13.7. The number of aliphatic hydroxyl groups excluding tert-OH is 5. The average Bonchev–Trinajstić information content (AvgIpc) is 4.13. The number of urea groups is 1. The normalized spacial score (nSPS) is 17.4. The molecule has 2 aliphatic carbocycles. The number of hydrogen-bond donors (Lipinski definition) is 7. The van der Waals surface area contributed by atoms with Crippen LogP contribution >= 0.6 is 11.6 Å². The van der Waals surface area contributed by atoms with Crippen LogP contribution in [0.3, 0.4) is 0 Å². The van der Waals surface area contributed by atoms with Gasteiger partial charge in [-0.25, -0.2) is 13.2 Å². The highest BCUT2D eigenvalue weighted by atomic mass is 35.5. The number of hydrogen-bond acceptors (Lipinski definition) is 12. The number of benzene rings is 2. The molecule has 0 spiro atoms. The van der Waals surface area contributed by atoms with E-state index in [0.717, 1.165) is 48.1 Å². The third kappa shape index (κ3) is 10.7. The fourth-order valence-corrected chi connectivity index (χ4v) is 7.50. The van der Waals surface area contributed by atoms with Gasteiger partial charge in [0.25, 0.3) is 0 Å². The first-order chi connectivity index (χ1) is 25.9. The van der Waals surface area contributed by atoms with Crippen LogP contribution in [0, 0.1) is 0 Å². The van der Waals surface area contributed by atoms with Crippen molar-refractivity contribution in [3.63, 3.8) is 0 Å². The van der Waals surface area contributed by atoms with Gasteiger partial charge in [0.1, 0.15) is 24.1 Å². The van der Waals surface area contributed by atoms with E-state index in [1.807, 2.05) is 36.5 Å². The van der Waals surface area contributed by atoms with Gasteiger partial charge in [-0.2, -0.15) is 4.31 Å². The van der Waals surface area contributed by atoms with Gasteiger partial charge in [-0.3, -0.25) is 4.98 Å². The second-order valence-electron chi connectivity index (χ2n) is 13.3. The minimum absolute atomic E-state index is 0.0424. The first-order valence-corrected chi connectivity index (χ1v) is 19.8. The summed E-state index contributed by atoms with van der Waals surface area (Å²) in [6.45, 7) is 0.917. The molecule has 2 aliphatic rings. The van der Waals surface area contributed by atoms with E-state index in [2.05, 4.69) is 15.6 Å². The standard InChI is InChI=1S/C37H49ClN4O11S/c1-2-42(16-18-51-17-15-40-36(48)41-21-31(44)34(46)35(47)32(45)22-43)54(49,50)26-9-10-30(38)24(19-26)23-52-37(12-13-37)29-20-39-14-11-27(29)28-5-3-4-6-33(28)53-25-7-8-25/h3-6,9-11,14,19-20,25,31-32,34-35,43-47H,2,7-8,12-13,15-18,21-23H2,1H3,(H2,40,41,48)/t31-,32+,34+,35+/m0/s1. The summed E-state index contributed by atoms with van der Waals surface area (Å²) in [5.74, 6) is 0.821. The van der Waals surface area contributed by atoms with Crippen LogP contribution in [-0.4, -0.2) is 126 Å². The van der Waals surface area contributed by atoms with Gasteiger partial charge in [0, 0.05) is 54.7 Å². The lowest BCUT2D eigenvalue weighted by molar-refractivity contribution is -0.113. The monoisotopic (exact) mass is 792 g/mol. The van der Waals surface area contributed by atoms with Gasteiger partial charge >= 0.3 is 6.03 Å². The number of amides is 2. The van der Waals surface area contributed by atoms with Crippen LogP contribution in [0.1, 0.15) is 43.7 Å². The number of nitrogens with one attached hydrogen (secondary N) is 2. The quantitative estimate of drug-likeness (QED) is 0.0726. The minimum atomic E-state index is -3.93. The number of aromatic nitrogens is 1. The zero-order chi connectivity index (χ0) is 38.9. The van der Waals surface area contributed by atoms with Gasteiger partial charge in [0.15, 0.2) is 0 Å². The summed E-state index contributed by atoms with van der Waals surface area (Å²) in [4.78, 5) is 16.5. The van der Waals surface area contributed by atoms with Gasteiger partial charge in [0.05, 0.1) is 49.1 Å². The number of pyridine rings is 1. The van der Waals surface area contributed by atoms with Crippen molar-refractivity contribution in [2.75, 3.05) is 46.0 Å². The number of nitrogens with zero attached hydrogens (tertiary/aromatic N) is 2. The number of rotatable bonds is 22. The fraction of sp³-hybridized carbons (Fsp3) is 0.514. The molecule has 0 saturated heterocycles. The van der Waals surface area contributed by atoms with Crippen molar-refractivity contribution in [1.29, 1.82) is 0 Å². The summed E-state index contributed by atoms with van der Waals surface area (Å²) in [6, 6.07) is 13.8. The van der Waals surface area contributed by atoms with Crippen LogP contribution in [0.25, 0.3) is 11.1 Å². The maximum Gasteiger partial charge on any atom is 0.314 e. The summed E-state index contributed by atoms with van der Waals surface area (Å²) in [5.41, 5.74) is 2.82. The highest BCUT2D eigenvalue weighted by Gasteiger charge is 2.48. The molecule has 17 heteroatoms. The molecule has 2 amide bonds. The van der Waals surface area contributed by atoms with Crippen LogP contribution in [0.5, 0.6) is 5.75 Å². The highest BCUT2D eigenvalue weighted by molar-refractivity contribution is 7.89. The van der Waals surface area contributed by atoms with E-state index >= 15 is 0 Å². The molecule has 1 aromatic heterocycles. The molecule has 1 heterocycles. The molecule has 0 aliphatic heterocycles. The molecule has 4 atom stereocenters. The number of ether oxygens (including phenoxy) is 3. The number of halogens is 1. The number of aliphatic hydroxyl groups is 5. The van der Waals surface area contributed by atoms with Crippen molar-refractivity contribution < 1.29 is 53.0 Å². The van der Waals surface area contributed by atoms with Gasteiger partial charge in [0.2, 0.25) is 10.0 Å². The maximum atomic E-state index is 13.7. The van der Waals surface area contributed by atoms with E-state index < -0.39 is 59.2 Å². The van der Waals surface area contributed by atoms with Crippen molar-refractivity contribution in [2.24, 2.45) is 0 Å². The van der Waals surface area contributed by atoms with E-state index in [1.54, 1.807) is 19.2 Å². The SMILES string of the molecule is CCN(CCOCCNC(=O)NC[C@H](O)[C@@H](O)[C@H](O)[C@H](O)CO)S(=O)(=O)c1ccc(Cl)c(COC2(c3cnccc3-c3ccccc3OC3CC3)CC2)c1. The highest BCUT2D eigenvalue weighted by Crippen LogP contribution is 2.53. The van der Waals surface area contributed by atoms with E-state index in [4.69, 9.17) is 30.9 Å². The predicted octanol–water partition coefficient (Wildman–Crippen LogP) is 1.91. The van der Waals surface area contributed by atoms with Crippen LogP contribution in [0.15, 0.2) is 65.8 Å². The molecule has 2 aromatic carbocycles. The number of para-hydroxylation sites is 1. The van der Waals surface area contributed by atoms with Crippen LogP contribution in [-0.2, 0) is 31.7 Å². The first-order valence-electron chi connectivity index (χ1n) is 18.0.